The van der Waals surface area contributed by atoms with E-state index in [-0.39, 0.29) is 6.42 Å². The van der Waals surface area contributed by atoms with Crippen molar-refractivity contribution in [1.82, 2.24) is 10.6 Å². The number of thioether (sulfide) groups is 1. The zero-order valence-electron chi connectivity index (χ0n) is 8.57. The highest BCUT2D eigenvalue weighted by atomic mass is 32.2. The smallest absolute Gasteiger partial charge is 0.315 e. The SMILES string of the molecule is FC(F)(F)CCCNCC1CSCCN1. The van der Waals surface area contributed by atoms with Crippen LogP contribution in [-0.4, -0.2) is 43.4 Å². The van der Waals surface area contributed by atoms with E-state index in [1.807, 2.05) is 11.8 Å². The zero-order chi connectivity index (χ0) is 11.1. The number of hydrogen-bond donors (Lipinski definition) is 2. The number of alkyl halides is 3. The third-order valence-corrected chi connectivity index (χ3v) is 3.33. The first-order valence-electron chi connectivity index (χ1n) is 5.16. The molecule has 6 heteroatoms. The Morgan fingerprint density at radius 3 is 2.80 bits per heavy atom. The minimum absolute atomic E-state index is 0.170. The highest BCUT2D eigenvalue weighted by molar-refractivity contribution is 7.99. The second-order valence-corrected chi connectivity index (χ2v) is 4.80. The standard InChI is InChI=1S/C9H17F3N2S/c10-9(11,12)2-1-3-13-6-8-7-15-5-4-14-8/h8,13-14H,1-7H2. The number of nitrogens with one attached hydrogen (secondary N) is 2. The van der Waals surface area contributed by atoms with Crippen molar-refractivity contribution in [3.8, 4) is 0 Å². The third-order valence-electron chi connectivity index (χ3n) is 2.20. The van der Waals surface area contributed by atoms with Crippen LogP contribution >= 0.6 is 11.8 Å². The largest absolute Gasteiger partial charge is 0.389 e. The molecule has 90 valence electrons. The first-order chi connectivity index (χ1) is 7.08. The Morgan fingerprint density at radius 1 is 1.40 bits per heavy atom. The molecule has 15 heavy (non-hydrogen) atoms. The summed E-state index contributed by atoms with van der Waals surface area (Å²) in [4.78, 5) is 0. The topological polar surface area (TPSA) is 24.1 Å². The molecule has 1 heterocycles. The molecule has 2 nitrogen and oxygen atoms in total. The van der Waals surface area contributed by atoms with E-state index in [0.717, 1.165) is 24.6 Å². The molecule has 1 aliphatic heterocycles. The van der Waals surface area contributed by atoms with Gasteiger partial charge < -0.3 is 10.6 Å². The van der Waals surface area contributed by atoms with E-state index in [4.69, 9.17) is 0 Å². The molecule has 0 radical (unpaired) electrons. The summed E-state index contributed by atoms with van der Waals surface area (Å²) in [6, 6.07) is 0.412. The van der Waals surface area contributed by atoms with E-state index in [0.29, 0.717) is 12.6 Å². The maximum Gasteiger partial charge on any atom is 0.389 e. The van der Waals surface area contributed by atoms with Crippen LogP contribution < -0.4 is 10.6 Å². The lowest BCUT2D eigenvalue weighted by atomic mass is 10.3. The zero-order valence-corrected chi connectivity index (χ0v) is 9.39. The lowest BCUT2D eigenvalue weighted by Crippen LogP contribution is -2.44. The molecule has 0 spiro atoms. The molecule has 0 amide bonds. The summed E-state index contributed by atoms with van der Waals surface area (Å²) in [6.45, 7) is 2.22. The van der Waals surface area contributed by atoms with Gasteiger partial charge in [-0.3, -0.25) is 0 Å². The van der Waals surface area contributed by atoms with Gasteiger partial charge in [-0.2, -0.15) is 24.9 Å². The van der Waals surface area contributed by atoms with Crippen molar-refractivity contribution >= 4 is 11.8 Å². The highest BCUT2D eigenvalue weighted by Crippen LogP contribution is 2.20. The first-order valence-corrected chi connectivity index (χ1v) is 6.32. The molecule has 1 rings (SSSR count). The van der Waals surface area contributed by atoms with Gasteiger partial charge in [-0.1, -0.05) is 0 Å². The number of hydrogen-bond acceptors (Lipinski definition) is 3. The summed E-state index contributed by atoms with van der Waals surface area (Å²) < 4.78 is 35.4. The molecule has 1 unspecified atom stereocenters. The van der Waals surface area contributed by atoms with Gasteiger partial charge in [0, 0.05) is 37.1 Å². The molecular weight excluding hydrogens is 225 g/mol. The molecule has 0 aromatic heterocycles. The van der Waals surface area contributed by atoms with Crippen molar-refractivity contribution in [2.24, 2.45) is 0 Å². The fourth-order valence-corrected chi connectivity index (χ4v) is 2.39. The lowest BCUT2D eigenvalue weighted by molar-refractivity contribution is -0.135. The Labute approximate surface area is 92.4 Å². The van der Waals surface area contributed by atoms with Crippen molar-refractivity contribution in [2.45, 2.75) is 25.1 Å². The molecule has 1 atom stereocenters. The maximum atomic E-state index is 11.8. The second-order valence-electron chi connectivity index (χ2n) is 3.65. The summed E-state index contributed by atoms with van der Waals surface area (Å²) >= 11 is 1.89. The molecule has 0 aliphatic carbocycles. The van der Waals surface area contributed by atoms with Gasteiger partial charge in [-0.05, 0) is 13.0 Å². The van der Waals surface area contributed by atoms with Gasteiger partial charge in [0.2, 0.25) is 0 Å². The van der Waals surface area contributed by atoms with Gasteiger partial charge in [-0.25, -0.2) is 0 Å². The molecule has 0 aromatic carbocycles. The average molecular weight is 242 g/mol. The Bertz CT molecular complexity index is 169. The van der Waals surface area contributed by atoms with Crippen molar-refractivity contribution in [2.75, 3.05) is 31.1 Å². The van der Waals surface area contributed by atoms with E-state index in [9.17, 15) is 13.2 Å². The molecule has 1 aliphatic rings. The Morgan fingerprint density at radius 2 is 2.20 bits per heavy atom. The van der Waals surface area contributed by atoms with E-state index < -0.39 is 12.6 Å². The molecular formula is C9H17F3N2S. The van der Waals surface area contributed by atoms with Gasteiger partial charge in [0.25, 0.3) is 0 Å². The van der Waals surface area contributed by atoms with Crippen LogP contribution in [0.3, 0.4) is 0 Å². The van der Waals surface area contributed by atoms with E-state index in [1.54, 1.807) is 0 Å². The molecule has 0 saturated carbocycles. The first kappa shape index (κ1) is 13.1. The van der Waals surface area contributed by atoms with Crippen molar-refractivity contribution < 1.29 is 13.2 Å². The van der Waals surface area contributed by atoms with Gasteiger partial charge in [-0.15, -0.1) is 0 Å². The van der Waals surface area contributed by atoms with Crippen LogP contribution in [0, 0.1) is 0 Å². The second kappa shape index (κ2) is 6.60. The van der Waals surface area contributed by atoms with Crippen LogP contribution in [-0.2, 0) is 0 Å². The molecule has 0 bridgehead atoms. The fourth-order valence-electron chi connectivity index (χ4n) is 1.44. The maximum absolute atomic E-state index is 11.8. The Balaban J connectivity index is 1.92. The van der Waals surface area contributed by atoms with Gasteiger partial charge in [0.1, 0.15) is 0 Å². The fraction of sp³-hybridized carbons (Fsp3) is 1.00. The summed E-state index contributed by atoms with van der Waals surface area (Å²) in [5.41, 5.74) is 0. The minimum Gasteiger partial charge on any atom is -0.315 e. The average Bonchev–Trinajstić information content (AvgIpc) is 2.17. The number of rotatable bonds is 5. The number of halogens is 3. The van der Waals surface area contributed by atoms with Gasteiger partial charge in [0.15, 0.2) is 0 Å². The van der Waals surface area contributed by atoms with Crippen molar-refractivity contribution in [3.63, 3.8) is 0 Å². The van der Waals surface area contributed by atoms with Crippen LogP contribution in [0.5, 0.6) is 0 Å². The Kier molecular flexibility index (Phi) is 5.78. The van der Waals surface area contributed by atoms with E-state index in [2.05, 4.69) is 10.6 Å². The molecule has 1 fully saturated rings. The van der Waals surface area contributed by atoms with E-state index >= 15 is 0 Å². The predicted octanol–water partition coefficient (Wildman–Crippen LogP) is 1.62. The summed E-state index contributed by atoms with van der Waals surface area (Å²) in [7, 11) is 0. The van der Waals surface area contributed by atoms with Crippen LogP contribution in [0.15, 0.2) is 0 Å². The summed E-state index contributed by atoms with van der Waals surface area (Å²) in [6.07, 6.45) is -4.53. The van der Waals surface area contributed by atoms with E-state index in [1.165, 1.54) is 0 Å². The van der Waals surface area contributed by atoms with Crippen LogP contribution in [0.4, 0.5) is 13.2 Å². The van der Waals surface area contributed by atoms with Gasteiger partial charge in [0.05, 0.1) is 0 Å². The highest BCUT2D eigenvalue weighted by Gasteiger charge is 2.25. The molecule has 0 aromatic rings. The quantitative estimate of drug-likeness (QED) is 0.716. The molecule has 1 saturated heterocycles. The van der Waals surface area contributed by atoms with Crippen molar-refractivity contribution in [1.29, 1.82) is 0 Å². The third kappa shape index (κ3) is 7.03. The summed E-state index contributed by atoms with van der Waals surface area (Å²) in [5, 5.41) is 6.37. The summed E-state index contributed by atoms with van der Waals surface area (Å²) in [5.74, 6) is 2.18. The lowest BCUT2D eigenvalue weighted by Gasteiger charge is -2.23. The normalized spacial score (nSPS) is 23.0. The van der Waals surface area contributed by atoms with Crippen LogP contribution in [0.25, 0.3) is 0 Å². The van der Waals surface area contributed by atoms with Crippen LogP contribution in [0.2, 0.25) is 0 Å². The molecule has 2 N–H and O–H groups in total. The minimum atomic E-state index is -4.01. The Hall–Kier alpha value is 0.0600. The van der Waals surface area contributed by atoms with Crippen LogP contribution in [0.1, 0.15) is 12.8 Å². The predicted molar refractivity (Wildman–Crippen MR) is 57.3 cm³/mol. The monoisotopic (exact) mass is 242 g/mol. The van der Waals surface area contributed by atoms with Crippen molar-refractivity contribution in [3.05, 3.63) is 0 Å². The van der Waals surface area contributed by atoms with Gasteiger partial charge >= 0.3 is 6.18 Å².